The maximum absolute atomic E-state index is 10.7. The van der Waals surface area contributed by atoms with Crippen LogP contribution in [0.3, 0.4) is 0 Å². The molecule has 36 heavy (non-hydrogen) atoms. The standard InChI is InChI=1S/C31H43NO3Si/c1-21-6-8-22(9-7-21)26-19-29(2)27(13-14-30(29,20-32)35-36(3,4)5)25-11-10-23-18-31(33-16-17-34-31)15-12-24(23)28(25)26/h6-9,23,25-27H,10-19H2,1-5H3/t23?,25-,26?,27-,29-,30-/m0/s1. The summed E-state index contributed by atoms with van der Waals surface area (Å²) in [7, 11) is -1.90. The van der Waals surface area contributed by atoms with Crippen LogP contribution in [0.4, 0.5) is 0 Å². The lowest BCUT2D eigenvalue weighted by Crippen LogP contribution is -2.55. The van der Waals surface area contributed by atoms with Gasteiger partial charge in [0.25, 0.3) is 0 Å². The molecule has 1 aromatic carbocycles. The van der Waals surface area contributed by atoms with Crippen molar-refractivity contribution in [1.29, 1.82) is 5.26 Å². The summed E-state index contributed by atoms with van der Waals surface area (Å²) in [5.74, 6) is 1.68. The van der Waals surface area contributed by atoms with Gasteiger partial charge in [-0.1, -0.05) is 47.9 Å². The van der Waals surface area contributed by atoms with Crippen LogP contribution in [-0.4, -0.2) is 32.9 Å². The van der Waals surface area contributed by atoms with Crippen LogP contribution in [0.25, 0.3) is 0 Å². The number of nitriles is 1. The summed E-state index contributed by atoms with van der Waals surface area (Å²) in [6, 6.07) is 12.1. The largest absolute Gasteiger partial charge is 0.399 e. The number of nitrogens with zero attached hydrogens (tertiary/aromatic N) is 1. The van der Waals surface area contributed by atoms with Crippen LogP contribution in [-0.2, 0) is 13.9 Å². The molecule has 2 unspecified atom stereocenters. The number of hydrogen-bond acceptors (Lipinski definition) is 4. The smallest absolute Gasteiger partial charge is 0.185 e. The minimum absolute atomic E-state index is 0.132. The highest BCUT2D eigenvalue weighted by Crippen LogP contribution is 2.68. The fourth-order valence-electron chi connectivity index (χ4n) is 8.97. The number of benzene rings is 1. The predicted octanol–water partition coefficient (Wildman–Crippen LogP) is 7.26. The van der Waals surface area contributed by atoms with Gasteiger partial charge in [-0.05, 0) is 88.4 Å². The first-order valence-electron chi connectivity index (χ1n) is 14.3. The molecular weight excluding hydrogens is 462 g/mol. The molecule has 1 saturated heterocycles. The number of rotatable bonds is 3. The minimum atomic E-state index is -1.90. The number of allylic oxidation sites excluding steroid dienone is 2. The van der Waals surface area contributed by atoms with Crippen LogP contribution in [0.2, 0.25) is 19.6 Å². The molecule has 4 nitrogen and oxygen atoms in total. The first kappa shape index (κ1) is 24.9. The van der Waals surface area contributed by atoms with E-state index >= 15 is 0 Å². The fourth-order valence-corrected chi connectivity index (χ4v) is 10.4. The molecule has 0 radical (unpaired) electrons. The van der Waals surface area contributed by atoms with Crippen LogP contribution in [0, 0.1) is 41.4 Å². The molecule has 1 heterocycles. The van der Waals surface area contributed by atoms with Crippen LogP contribution in [0.5, 0.6) is 0 Å². The van der Waals surface area contributed by atoms with Gasteiger partial charge in [0.15, 0.2) is 14.1 Å². The Hall–Kier alpha value is -1.45. The van der Waals surface area contributed by atoms with Gasteiger partial charge in [0.05, 0.1) is 19.3 Å². The molecule has 4 aliphatic carbocycles. The fraction of sp³-hybridized carbons (Fsp3) is 0.710. The molecular formula is C31H43NO3Si. The Morgan fingerprint density at radius 3 is 2.39 bits per heavy atom. The number of aryl methyl sites for hydroxylation is 1. The Labute approximate surface area is 218 Å². The van der Waals surface area contributed by atoms with Gasteiger partial charge in [-0.3, -0.25) is 0 Å². The lowest BCUT2D eigenvalue weighted by atomic mass is 9.50. The summed E-state index contributed by atoms with van der Waals surface area (Å²) in [6.07, 6.45) is 8.53. The van der Waals surface area contributed by atoms with E-state index in [9.17, 15) is 5.26 Å². The van der Waals surface area contributed by atoms with Crippen molar-refractivity contribution >= 4 is 8.32 Å². The summed E-state index contributed by atoms with van der Waals surface area (Å²) in [5, 5.41) is 10.7. The summed E-state index contributed by atoms with van der Waals surface area (Å²) in [4.78, 5) is 0. The molecule has 0 bridgehead atoms. The van der Waals surface area contributed by atoms with E-state index in [-0.39, 0.29) is 11.2 Å². The Kier molecular flexibility index (Phi) is 5.89. The highest BCUT2D eigenvalue weighted by molar-refractivity contribution is 6.69. The SMILES string of the molecule is Cc1ccc(C2C[C@@]3(C)[C@@H](CC[C@@]3(C#N)O[Si](C)(C)C)[C@@H]3CCC4CC5(CCC4=C23)OCCO5)cc1. The topological polar surface area (TPSA) is 51.5 Å². The maximum Gasteiger partial charge on any atom is 0.185 e. The first-order valence-corrected chi connectivity index (χ1v) is 17.7. The molecule has 4 fully saturated rings. The van der Waals surface area contributed by atoms with Crippen LogP contribution in [0.15, 0.2) is 35.4 Å². The minimum Gasteiger partial charge on any atom is -0.399 e. The molecule has 1 aromatic rings. The molecule has 1 spiro atoms. The second-order valence-corrected chi connectivity index (χ2v) is 18.0. The van der Waals surface area contributed by atoms with Gasteiger partial charge in [-0.15, -0.1) is 0 Å². The van der Waals surface area contributed by atoms with Crippen LogP contribution >= 0.6 is 0 Å². The molecule has 6 rings (SSSR count). The number of ether oxygens (including phenoxy) is 2. The maximum atomic E-state index is 10.7. The van der Waals surface area contributed by atoms with Gasteiger partial charge in [0.1, 0.15) is 5.60 Å². The lowest BCUT2D eigenvalue weighted by molar-refractivity contribution is -0.181. The van der Waals surface area contributed by atoms with Gasteiger partial charge in [0, 0.05) is 24.2 Å². The summed E-state index contributed by atoms with van der Waals surface area (Å²) < 4.78 is 19.2. The van der Waals surface area contributed by atoms with Gasteiger partial charge in [-0.25, -0.2) is 0 Å². The normalized spacial score (nSPS) is 39.4. The zero-order valence-electron chi connectivity index (χ0n) is 22.9. The molecule has 5 heteroatoms. The molecule has 1 aliphatic heterocycles. The lowest BCUT2D eigenvalue weighted by Gasteiger charge is -2.56. The third-order valence-electron chi connectivity index (χ3n) is 10.4. The van der Waals surface area contributed by atoms with E-state index in [2.05, 4.69) is 63.8 Å². The highest BCUT2D eigenvalue weighted by atomic mass is 28.4. The van der Waals surface area contributed by atoms with Crippen molar-refractivity contribution in [2.75, 3.05) is 13.2 Å². The van der Waals surface area contributed by atoms with E-state index in [1.807, 2.05) is 0 Å². The highest BCUT2D eigenvalue weighted by Gasteiger charge is 2.65. The average Bonchev–Trinajstić information content (AvgIpc) is 3.40. The summed E-state index contributed by atoms with van der Waals surface area (Å²) >= 11 is 0. The van der Waals surface area contributed by atoms with Gasteiger partial charge < -0.3 is 13.9 Å². The van der Waals surface area contributed by atoms with Crippen molar-refractivity contribution in [3.8, 4) is 6.07 Å². The quantitative estimate of drug-likeness (QED) is 0.320. The number of fused-ring (bicyclic) bond motifs is 4. The van der Waals surface area contributed by atoms with Crippen molar-refractivity contribution in [2.24, 2.45) is 23.2 Å². The Morgan fingerprint density at radius 1 is 1.00 bits per heavy atom. The second-order valence-electron chi connectivity index (χ2n) is 13.6. The monoisotopic (exact) mass is 505 g/mol. The third kappa shape index (κ3) is 3.78. The zero-order valence-corrected chi connectivity index (χ0v) is 23.9. The molecule has 0 N–H and O–H groups in total. The van der Waals surface area contributed by atoms with Crippen molar-refractivity contribution in [1.82, 2.24) is 0 Å². The molecule has 3 saturated carbocycles. The Bertz CT molecular complexity index is 1090. The first-order chi connectivity index (χ1) is 17.1. The van der Waals surface area contributed by atoms with E-state index in [4.69, 9.17) is 13.9 Å². The van der Waals surface area contributed by atoms with Crippen LogP contribution in [0.1, 0.15) is 75.3 Å². The van der Waals surface area contributed by atoms with E-state index < -0.39 is 13.9 Å². The van der Waals surface area contributed by atoms with Crippen molar-refractivity contribution in [2.45, 2.75) is 102 Å². The van der Waals surface area contributed by atoms with Gasteiger partial charge in [-0.2, -0.15) is 5.26 Å². The number of hydrogen-bond donors (Lipinski definition) is 0. The zero-order chi connectivity index (χ0) is 25.3. The van der Waals surface area contributed by atoms with E-state index in [0.717, 1.165) is 51.7 Å². The molecule has 6 atom stereocenters. The third-order valence-corrected chi connectivity index (χ3v) is 11.4. The second kappa shape index (κ2) is 8.53. The molecule has 5 aliphatic rings. The van der Waals surface area contributed by atoms with E-state index in [1.165, 1.54) is 24.0 Å². The van der Waals surface area contributed by atoms with Crippen molar-refractivity contribution in [3.63, 3.8) is 0 Å². The Balaban J connectivity index is 1.45. The molecule has 0 amide bonds. The predicted molar refractivity (Wildman–Crippen MR) is 144 cm³/mol. The molecule has 0 aromatic heterocycles. The Morgan fingerprint density at radius 2 is 1.72 bits per heavy atom. The van der Waals surface area contributed by atoms with Crippen molar-refractivity contribution in [3.05, 3.63) is 46.5 Å². The average molecular weight is 506 g/mol. The van der Waals surface area contributed by atoms with Gasteiger partial charge >= 0.3 is 0 Å². The van der Waals surface area contributed by atoms with Crippen molar-refractivity contribution < 1.29 is 13.9 Å². The molecule has 194 valence electrons. The summed E-state index contributed by atoms with van der Waals surface area (Å²) in [5.41, 5.74) is 5.37. The van der Waals surface area contributed by atoms with E-state index in [1.54, 1.807) is 11.1 Å². The van der Waals surface area contributed by atoms with Crippen LogP contribution < -0.4 is 0 Å². The van der Waals surface area contributed by atoms with E-state index in [0.29, 0.717) is 23.7 Å². The summed E-state index contributed by atoms with van der Waals surface area (Å²) in [6.45, 7) is 12.8. The van der Waals surface area contributed by atoms with Gasteiger partial charge in [0.2, 0.25) is 0 Å².